The van der Waals surface area contributed by atoms with E-state index in [4.69, 9.17) is 13.3 Å². The fourth-order valence-corrected chi connectivity index (χ4v) is 4.21. The molecule has 15 heavy (non-hydrogen) atoms. The standard InChI is InChI=1S/C11H25O3Si/c1-5-9-10-11-15(12-6-2,13-7-3)14-8-4/h1,5-11H2,2-4H3. The first-order valence-corrected chi connectivity index (χ1v) is 7.89. The van der Waals surface area contributed by atoms with Gasteiger partial charge in [0, 0.05) is 25.9 Å². The van der Waals surface area contributed by atoms with Gasteiger partial charge in [-0.25, -0.2) is 0 Å². The van der Waals surface area contributed by atoms with Crippen molar-refractivity contribution in [1.29, 1.82) is 0 Å². The van der Waals surface area contributed by atoms with Gasteiger partial charge in [-0.2, -0.15) is 0 Å². The molecule has 0 aromatic carbocycles. The number of hydrogen-bond donors (Lipinski definition) is 0. The Morgan fingerprint density at radius 1 is 0.867 bits per heavy atom. The van der Waals surface area contributed by atoms with E-state index in [1.54, 1.807) is 0 Å². The summed E-state index contributed by atoms with van der Waals surface area (Å²) in [5.41, 5.74) is 0. The minimum atomic E-state index is -2.36. The predicted molar refractivity (Wildman–Crippen MR) is 64.6 cm³/mol. The van der Waals surface area contributed by atoms with Crippen LogP contribution in [-0.4, -0.2) is 28.6 Å². The summed E-state index contributed by atoms with van der Waals surface area (Å²) in [7, 11) is -2.36. The van der Waals surface area contributed by atoms with E-state index in [-0.39, 0.29) is 0 Å². The monoisotopic (exact) mass is 233 g/mol. The summed E-state index contributed by atoms with van der Waals surface area (Å²) in [6, 6.07) is 0.915. The van der Waals surface area contributed by atoms with Crippen molar-refractivity contribution >= 4 is 8.80 Å². The zero-order chi connectivity index (χ0) is 11.6. The quantitative estimate of drug-likeness (QED) is 0.429. The molecule has 3 nitrogen and oxygen atoms in total. The summed E-state index contributed by atoms with van der Waals surface area (Å²) in [5, 5.41) is 0. The summed E-state index contributed by atoms with van der Waals surface area (Å²) in [5.74, 6) is 0. The largest absolute Gasteiger partial charge is 0.500 e. The first-order chi connectivity index (χ1) is 7.24. The van der Waals surface area contributed by atoms with Gasteiger partial charge in [-0.15, -0.1) is 0 Å². The first-order valence-electron chi connectivity index (χ1n) is 5.95. The van der Waals surface area contributed by atoms with Crippen LogP contribution in [0.3, 0.4) is 0 Å². The minimum absolute atomic E-state index is 0.663. The topological polar surface area (TPSA) is 27.7 Å². The molecule has 0 bridgehead atoms. The average molecular weight is 233 g/mol. The molecule has 1 radical (unpaired) electrons. The average Bonchev–Trinajstić information content (AvgIpc) is 2.19. The second-order valence-corrected chi connectivity index (χ2v) is 6.02. The highest BCUT2D eigenvalue weighted by Gasteiger charge is 2.39. The number of rotatable bonds is 10. The fourth-order valence-electron chi connectivity index (χ4n) is 1.52. The molecule has 0 unspecified atom stereocenters. The van der Waals surface area contributed by atoms with Crippen molar-refractivity contribution in [1.82, 2.24) is 0 Å². The highest BCUT2D eigenvalue weighted by Crippen LogP contribution is 2.19. The van der Waals surface area contributed by atoms with Crippen molar-refractivity contribution in [2.45, 2.75) is 46.1 Å². The second-order valence-electron chi connectivity index (χ2n) is 3.29. The van der Waals surface area contributed by atoms with Crippen molar-refractivity contribution in [2.75, 3.05) is 19.8 Å². The molecule has 0 aromatic rings. The van der Waals surface area contributed by atoms with Crippen LogP contribution in [0.4, 0.5) is 0 Å². The van der Waals surface area contributed by atoms with Gasteiger partial charge in [0.1, 0.15) is 0 Å². The molecule has 0 spiro atoms. The maximum atomic E-state index is 5.73. The fraction of sp³-hybridized carbons (Fsp3) is 0.909. The lowest BCUT2D eigenvalue weighted by Gasteiger charge is -2.28. The molecule has 91 valence electrons. The van der Waals surface area contributed by atoms with E-state index in [1.165, 1.54) is 0 Å². The normalized spacial score (nSPS) is 12.0. The molecule has 0 aliphatic rings. The lowest BCUT2D eigenvalue weighted by Crippen LogP contribution is -2.45. The summed E-state index contributed by atoms with van der Waals surface area (Å²) < 4.78 is 17.2. The van der Waals surface area contributed by atoms with Gasteiger partial charge in [-0.1, -0.05) is 19.8 Å². The van der Waals surface area contributed by atoms with Gasteiger partial charge in [0.2, 0.25) is 0 Å². The molecule has 0 aliphatic carbocycles. The molecule has 0 aliphatic heterocycles. The third-order valence-corrected chi connectivity index (χ3v) is 5.23. The molecule has 0 fully saturated rings. The van der Waals surface area contributed by atoms with Gasteiger partial charge in [-0.05, 0) is 27.2 Å². The molecule has 0 heterocycles. The van der Waals surface area contributed by atoms with Gasteiger partial charge >= 0.3 is 8.80 Å². The summed E-state index contributed by atoms with van der Waals surface area (Å²) in [6.07, 6.45) is 3.16. The van der Waals surface area contributed by atoms with Crippen LogP contribution in [0.1, 0.15) is 40.0 Å². The molecule has 0 saturated heterocycles. The highest BCUT2D eigenvalue weighted by atomic mass is 28.4. The van der Waals surface area contributed by atoms with Crippen molar-refractivity contribution in [2.24, 2.45) is 0 Å². The van der Waals surface area contributed by atoms with E-state index in [0.29, 0.717) is 19.8 Å². The summed E-state index contributed by atoms with van der Waals surface area (Å²) >= 11 is 0. The Hall–Kier alpha value is 0.0969. The van der Waals surface area contributed by atoms with E-state index < -0.39 is 8.80 Å². The zero-order valence-corrected chi connectivity index (χ0v) is 11.4. The molecular formula is C11H25O3Si. The Morgan fingerprint density at radius 2 is 1.33 bits per heavy atom. The number of unbranched alkanes of at least 4 members (excludes halogenated alkanes) is 2. The molecule has 0 aromatic heterocycles. The Morgan fingerprint density at radius 3 is 1.67 bits per heavy atom. The Labute approximate surface area is 95.5 Å². The summed E-state index contributed by atoms with van der Waals surface area (Å²) in [4.78, 5) is 0. The Kier molecular flexibility index (Phi) is 9.39. The van der Waals surface area contributed by atoms with Crippen LogP contribution in [0.25, 0.3) is 0 Å². The molecule has 4 heteroatoms. The molecule has 0 rings (SSSR count). The van der Waals surface area contributed by atoms with Gasteiger partial charge in [0.25, 0.3) is 0 Å². The van der Waals surface area contributed by atoms with Gasteiger partial charge in [-0.3, -0.25) is 0 Å². The third kappa shape index (κ3) is 6.30. The zero-order valence-electron chi connectivity index (χ0n) is 10.4. The maximum Gasteiger partial charge on any atom is 0.500 e. The molecule has 0 saturated carbocycles. The highest BCUT2D eigenvalue weighted by molar-refractivity contribution is 6.60. The SMILES string of the molecule is [CH2]CCCC[Si](OCC)(OCC)OCC. The van der Waals surface area contributed by atoms with E-state index in [1.807, 2.05) is 20.8 Å². The van der Waals surface area contributed by atoms with Crippen molar-refractivity contribution in [3.05, 3.63) is 6.92 Å². The van der Waals surface area contributed by atoms with Crippen LogP contribution in [-0.2, 0) is 13.3 Å². The number of hydrogen-bond acceptors (Lipinski definition) is 3. The molecule has 0 amide bonds. The third-order valence-electron chi connectivity index (χ3n) is 2.08. The van der Waals surface area contributed by atoms with E-state index >= 15 is 0 Å². The van der Waals surface area contributed by atoms with Gasteiger partial charge in [0.05, 0.1) is 0 Å². The minimum Gasteiger partial charge on any atom is -0.374 e. The van der Waals surface area contributed by atoms with Crippen molar-refractivity contribution in [3.8, 4) is 0 Å². The Balaban J connectivity index is 4.18. The smallest absolute Gasteiger partial charge is 0.374 e. The second kappa shape index (κ2) is 9.33. The van der Waals surface area contributed by atoms with E-state index in [2.05, 4.69) is 6.92 Å². The van der Waals surface area contributed by atoms with Crippen LogP contribution in [0, 0.1) is 6.92 Å². The van der Waals surface area contributed by atoms with Crippen LogP contribution in [0.15, 0.2) is 0 Å². The predicted octanol–water partition coefficient (Wildman–Crippen LogP) is 3.04. The Bertz CT molecular complexity index is 125. The maximum absolute atomic E-state index is 5.73. The first kappa shape index (κ1) is 15.1. The van der Waals surface area contributed by atoms with E-state index in [0.717, 1.165) is 25.3 Å². The van der Waals surface area contributed by atoms with Crippen LogP contribution in [0.2, 0.25) is 6.04 Å². The van der Waals surface area contributed by atoms with Crippen molar-refractivity contribution in [3.63, 3.8) is 0 Å². The van der Waals surface area contributed by atoms with Crippen molar-refractivity contribution < 1.29 is 13.3 Å². The molecule has 0 N–H and O–H groups in total. The van der Waals surface area contributed by atoms with Crippen LogP contribution >= 0.6 is 0 Å². The van der Waals surface area contributed by atoms with Gasteiger partial charge in [0.15, 0.2) is 0 Å². The lowest BCUT2D eigenvalue weighted by molar-refractivity contribution is 0.0707. The molecule has 0 atom stereocenters. The lowest BCUT2D eigenvalue weighted by atomic mass is 10.3. The summed E-state index contributed by atoms with van der Waals surface area (Å²) in [6.45, 7) is 11.8. The van der Waals surface area contributed by atoms with Gasteiger partial charge < -0.3 is 13.3 Å². The molecular weight excluding hydrogens is 208 g/mol. The van der Waals surface area contributed by atoms with Crippen LogP contribution < -0.4 is 0 Å². The van der Waals surface area contributed by atoms with E-state index in [9.17, 15) is 0 Å². The van der Waals surface area contributed by atoms with Crippen LogP contribution in [0.5, 0.6) is 0 Å².